The molecule has 1 atom stereocenters. The lowest BCUT2D eigenvalue weighted by Crippen LogP contribution is -2.30. The van der Waals surface area contributed by atoms with E-state index in [4.69, 9.17) is 11.6 Å². The summed E-state index contributed by atoms with van der Waals surface area (Å²) in [6.07, 6.45) is 1.14. The number of rotatable bonds is 3. The summed E-state index contributed by atoms with van der Waals surface area (Å²) in [5, 5.41) is 2.81. The van der Waals surface area contributed by atoms with Gasteiger partial charge in [-0.3, -0.25) is 4.79 Å². The van der Waals surface area contributed by atoms with E-state index in [1.165, 1.54) is 0 Å². The fourth-order valence-electron chi connectivity index (χ4n) is 1.53. The topological polar surface area (TPSA) is 32.3 Å². The monoisotopic (exact) mass is 202 g/mol. The molecule has 1 amide bonds. The highest BCUT2D eigenvalue weighted by atomic mass is 35.5. The van der Waals surface area contributed by atoms with Crippen molar-refractivity contribution in [2.45, 2.75) is 6.42 Å². The van der Waals surface area contributed by atoms with E-state index in [2.05, 4.69) is 23.8 Å². The summed E-state index contributed by atoms with van der Waals surface area (Å²) in [6, 6.07) is 0. The number of nitrogens with one attached hydrogen (secondary N) is 1. The zero-order valence-corrected chi connectivity index (χ0v) is 8.60. The Morgan fingerprint density at radius 1 is 1.77 bits per heavy atom. The van der Waals surface area contributed by atoms with E-state index in [0.717, 1.165) is 19.5 Å². The Balaban J connectivity index is 2.20. The predicted octanol–water partition coefficient (Wildman–Crippen LogP) is 0.807. The van der Waals surface area contributed by atoms with Crippen LogP contribution in [0.5, 0.6) is 0 Å². The first kappa shape index (κ1) is 10.5. The molecule has 0 aromatic rings. The van der Waals surface area contributed by atoms with E-state index in [9.17, 15) is 4.79 Å². The highest BCUT2D eigenvalue weighted by molar-refractivity contribution is 6.41. The Labute approximate surface area is 83.7 Å². The van der Waals surface area contributed by atoms with Crippen molar-refractivity contribution in [1.82, 2.24) is 10.2 Å². The highest BCUT2D eigenvalue weighted by Gasteiger charge is 2.19. The van der Waals surface area contributed by atoms with E-state index in [-0.39, 0.29) is 10.9 Å². The van der Waals surface area contributed by atoms with Gasteiger partial charge in [0.1, 0.15) is 0 Å². The molecule has 1 saturated heterocycles. The number of carbonyl (C=O) groups is 1. The van der Waals surface area contributed by atoms with Gasteiger partial charge < -0.3 is 10.2 Å². The zero-order chi connectivity index (χ0) is 9.84. The van der Waals surface area contributed by atoms with Crippen LogP contribution in [-0.4, -0.2) is 37.5 Å². The van der Waals surface area contributed by atoms with Crippen molar-refractivity contribution < 1.29 is 4.79 Å². The molecule has 1 unspecified atom stereocenters. The number of likely N-dealkylation sites (tertiary alicyclic amines) is 1. The van der Waals surface area contributed by atoms with Gasteiger partial charge in [0.2, 0.25) is 0 Å². The minimum Gasteiger partial charge on any atom is -0.351 e. The van der Waals surface area contributed by atoms with Crippen molar-refractivity contribution in [3.63, 3.8) is 0 Å². The molecule has 0 aromatic heterocycles. The van der Waals surface area contributed by atoms with Crippen LogP contribution >= 0.6 is 11.6 Å². The molecular formula is C9H15ClN2O. The maximum Gasteiger partial charge on any atom is 0.262 e. The maximum absolute atomic E-state index is 11.0. The van der Waals surface area contributed by atoms with Gasteiger partial charge in [0.25, 0.3) is 5.91 Å². The summed E-state index contributed by atoms with van der Waals surface area (Å²) in [6.45, 7) is 6.23. The van der Waals surface area contributed by atoms with Crippen LogP contribution in [0, 0.1) is 5.92 Å². The number of hydrogen-bond acceptors (Lipinski definition) is 2. The molecular weight excluding hydrogens is 188 g/mol. The fraction of sp³-hybridized carbons (Fsp3) is 0.667. The standard InChI is InChI=1S/C9H15ClN2O/c1-7(10)9(13)11-5-8-3-4-12(2)6-8/h8H,1,3-6H2,2H3,(H,11,13). The summed E-state index contributed by atoms with van der Waals surface area (Å²) < 4.78 is 0. The van der Waals surface area contributed by atoms with Gasteiger partial charge >= 0.3 is 0 Å². The molecule has 0 spiro atoms. The van der Waals surface area contributed by atoms with Gasteiger partial charge in [-0.2, -0.15) is 0 Å². The molecule has 1 fully saturated rings. The van der Waals surface area contributed by atoms with Crippen LogP contribution in [0.3, 0.4) is 0 Å². The summed E-state index contributed by atoms with van der Waals surface area (Å²) >= 11 is 5.43. The second kappa shape index (κ2) is 4.63. The van der Waals surface area contributed by atoms with Crippen LogP contribution in [0.25, 0.3) is 0 Å². The third kappa shape index (κ3) is 3.36. The van der Waals surface area contributed by atoms with E-state index in [1.54, 1.807) is 0 Å². The average Bonchev–Trinajstić information content (AvgIpc) is 2.47. The largest absolute Gasteiger partial charge is 0.351 e. The van der Waals surface area contributed by atoms with Crippen molar-refractivity contribution in [2.24, 2.45) is 5.92 Å². The number of carbonyl (C=O) groups excluding carboxylic acids is 1. The van der Waals surface area contributed by atoms with Crippen LogP contribution in [-0.2, 0) is 4.79 Å². The molecule has 0 bridgehead atoms. The Morgan fingerprint density at radius 3 is 2.92 bits per heavy atom. The van der Waals surface area contributed by atoms with Crippen LogP contribution in [0.2, 0.25) is 0 Å². The van der Waals surface area contributed by atoms with Crippen LogP contribution in [0.15, 0.2) is 11.6 Å². The van der Waals surface area contributed by atoms with Crippen molar-refractivity contribution >= 4 is 17.5 Å². The van der Waals surface area contributed by atoms with Gasteiger partial charge in [-0.15, -0.1) is 0 Å². The molecule has 74 valence electrons. The SMILES string of the molecule is C=C(Cl)C(=O)NCC1CCN(C)C1. The molecule has 0 aromatic carbocycles. The number of nitrogens with zero attached hydrogens (tertiary/aromatic N) is 1. The minimum absolute atomic E-state index is 0.0614. The van der Waals surface area contributed by atoms with Gasteiger partial charge in [-0.25, -0.2) is 0 Å². The second-order valence-electron chi connectivity index (χ2n) is 3.53. The molecule has 1 aliphatic heterocycles. The normalized spacial score (nSPS) is 23.1. The van der Waals surface area contributed by atoms with Gasteiger partial charge in [0.15, 0.2) is 0 Å². The van der Waals surface area contributed by atoms with Crippen LogP contribution < -0.4 is 5.32 Å². The zero-order valence-electron chi connectivity index (χ0n) is 7.85. The maximum atomic E-state index is 11.0. The second-order valence-corrected chi connectivity index (χ2v) is 3.99. The van der Waals surface area contributed by atoms with E-state index in [0.29, 0.717) is 12.5 Å². The Hall–Kier alpha value is -0.540. The van der Waals surface area contributed by atoms with E-state index < -0.39 is 0 Å². The lowest BCUT2D eigenvalue weighted by Gasteiger charge is -2.10. The summed E-state index contributed by atoms with van der Waals surface area (Å²) in [4.78, 5) is 13.3. The third-order valence-electron chi connectivity index (χ3n) is 2.29. The van der Waals surface area contributed by atoms with Crippen molar-refractivity contribution in [2.75, 3.05) is 26.7 Å². The van der Waals surface area contributed by atoms with Crippen LogP contribution in [0.4, 0.5) is 0 Å². The van der Waals surface area contributed by atoms with Gasteiger partial charge in [0, 0.05) is 13.1 Å². The van der Waals surface area contributed by atoms with Crippen molar-refractivity contribution in [3.05, 3.63) is 11.6 Å². The lowest BCUT2D eigenvalue weighted by molar-refractivity contribution is -0.117. The Bertz CT molecular complexity index is 218. The summed E-state index contributed by atoms with van der Waals surface area (Å²) in [5.74, 6) is 0.307. The molecule has 0 radical (unpaired) electrons. The minimum atomic E-state index is -0.254. The molecule has 1 aliphatic rings. The predicted molar refractivity (Wildman–Crippen MR) is 53.6 cm³/mol. The molecule has 0 aliphatic carbocycles. The van der Waals surface area contributed by atoms with Crippen molar-refractivity contribution in [1.29, 1.82) is 0 Å². The number of halogens is 1. The number of hydrogen-bond donors (Lipinski definition) is 1. The first-order chi connectivity index (χ1) is 6.09. The molecule has 1 heterocycles. The van der Waals surface area contributed by atoms with Crippen molar-refractivity contribution in [3.8, 4) is 0 Å². The summed E-state index contributed by atoms with van der Waals surface area (Å²) in [7, 11) is 2.09. The third-order valence-corrected chi connectivity index (χ3v) is 2.46. The first-order valence-electron chi connectivity index (χ1n) is 4.40. The van der Waals surface area contributed by atoms with Gasteiger partial charge in [0.05, 0.1) is 5.03 Å². The van der Waals surface area contributed by atoms with E-state index >= 15 is 0 Å². The lowest BCUT2D eigenvalue weighted by atomic mass is 10.1. The average molecular weight is 203 g/mol. The molecule has 4 heteroatoms. The van der Waals surface area contributed by atoms with E-state index in [1.807, 2.05) is 0 Å². The quantitative estimate of drug-likeness (QED) is 0.687. The van der Waals surface area contributed by atoms with Crippen LogP contribution in [0.1, 0.15) is 6.42 Å². The molecule has 0 saturated carbocycles. The van der Waals surface area contributed by atoms with Gasteiger partial charge in [-0.05, 0) is 25.9 Å². The molecule has 1 N–H and O–H groups in total. The summed E-state index contributed by atoms with van der Waals surface area (Å²) in [5.41, 5.74) is 0. The Kier molecular flexibility index (Phi) is 3.75. The fourth-order valence-corrected chi connectivity index (χ4v) is 1.59. The highest BCUT2D eigenvalue weighted by Crippen LogP contribution is 2.12. The molecule has 13 heavy (non-hydrogen) atoms. The first-order valence-corrected chi connectivity index (χ1v) is 4.78. The van der Waals surface area contributed by atoms with Gasteiger partial charge in [-0.1, -0.05) is 18.2 Å². The molecule has 3 nitrogen and oxygen atoms in total. The number of amides is 1. The Morgan fingerprint density at radius 2 is 2.46 bits per heavy atom. The molecule has 1 rings (SSSR count). The smallest absolute Gasteiger partial charge is 0.262 e.